The molecule has 3 rings (SSSR count). The van der Waals surface area contributed by atoms with Crippen LogP contribution >= 0.6 is 11.3 Å². The summed E-state index contributed by atoms with van der Waals surface area (Å²) in [5.41, 5.74) is 0.418. The second-order valence-electron chi connectivity index (χ2n) is 4.86. The van der Waals surface area contributed by atoms with Gasteiger partial charge in [-0.2, -0.15) is 8.42 Å². The first kappa shape index (κ1) is 15.1. The predicted molar refractivity (Wildman–Crippen MR) is 80.7 cm³/mol. The highest BCUT2D eigenvalue weighted by molar-refractivity contribution is 7.85. The maximum atomic E-state index is 11.1. The number of ether oxygens (including phenoxy) is 3. The second kappa shape index (κ2) is 5.79. The molecular weight excluding hydrogens is 328 g/mol. The summed E-state index contributed by atoms with van der Waals surface area (Å²) >= 11 is 1.51. The zero-order valence-electron chi connectivity index (χ0n) is 11.7. The molecule has 0 amide bonds. The Kier molecular flexibility index (Phi) is 3.98. The van der Waals surface area contributed by atoms with E-state index in [4.69, 9.17) is 18.8 Å². The number of hydrogen-bond acceptors (Lipinski definition) is 6. The van der Waals surface area contributed by atoms with E-state index in [9.17, 15) is 8.42 Å². The molecule has 6 nitrogen and oxygen atoms in total. The average molecular weight is 342 g/mol. The second-order valence-corrected chi connectivity index (χ2v) is 7.00. The van der Waals surface area contributed by atoms with Crippen molar-refractivity contribution >= 4 is 21.5 Å². The fourth-order valence-electron chi connectivity index (χ4n) is 2.13. The number of rotatable bonds is 4. The molecule has 1 atom stereocenters. The van der Waals surface area contributed by atoms with Gasteiger partial charge in [0.05, 0.1) is 4.90 Å². The van der Waals surface area contributed by atoms with Crippen LogP contribution in [0, 0.1) is 6.92 Å². The summed E-state index contributed by atoms with van der Waals surface area (Å²) in [5, 5.41) is 3.75. The Labute approximate surface area is 132 Å². The fourth-order valence-corrected chi connectivity index (χ4v) is 3.51. The highest BCUT2D eigenvalue weighted by Crippen LogP contribution is 2.35. The van der Waals surface area contributed by atoms with Crippen molar-refractivity contribution < 1.29 is 27.2 Å². The minimum absolute atomic E-state index is 0.125. The van der Waals surface area contributed by atoms with Crippen LogP contribution < -0.4 is 14.2 Å². The number of aryl methyl sites for hydroxylation is 1. The van der Waals surface area contributed by atoms with Gasteiger partial charge in [-0.15, -0.1) is 11.3 Å². The topological polar surface area (TPSA) is 82.1 Å². The zero-order valence-corrected chi connectivity index (χ0v) is 13.3. The van der Waals surface area contributed by atoms with E-state index in [1.807, 2.05) is 10.8 Å². The average Bonchev–Trinajstić information content (AvgIpc) is 2.91. The minimum atomic E-state index is -4.21. The smallest absolute Gasteiger partial charge is 0.294 e. The Morgan fingerprint density at radius 2 is 2.14 bits per heavy atom. The third kappa shape index (κ3) is 3.18. The molecule has 118 valence electrons. The van der Waals surface area contributed by atoms with Gasteiger partial charge in [0.25, 0.3) is 10.1 Å². The lowest BCUT2D eigenvalue weighted by atomic mass is 10.2. The Morgan fingerprint density at radius 1 is 1.36 bits per heavy atom. The molecule has 2 heterocycles. The molecular formula is C14H14O6S2. The summed E-state index contributed by atoms with van der Waals surface area (Å²) in [7, 11) is -4.21. The molecule has 0 spiro atoms. The molecule has 2 aromatic rings. The van der Waals surface area contributed by atoms with Gasteiger partial charge < -0.3 is 14.2 Å². The molecule has 1 unspecified atom stereocenters. The highest BCUT2D eigenvalue weighted by Gasteiger charge is 2.22. The van der Waals surface area contributed by atoms with Crippen molar-refractivity contribution in [1.82, 2.24) is 0 Å². The van der Waals surface area contributed by atoms with E-state index in [-0.39, 0.29) is 17.6 Å². The van der Waals surface area contributed by atoms with Crippen molar-refractivity contribution in [2.24, 2.45) is 0 Å². The molecule has 8 heteroatoms. The van der Waals surface area contributed by atoms with Crippen LogP contribution in [-0.2, 0) is 10.1 Å². The van der Waals surface area contributed by atoms with Gasteiger partial charge in [0.2, 0.25) is 0 Å². The molecule has 1 aliphatic rings. The summed E-state index contributed by atoms with van der Waals surface area (Å²) in [6.07, 6.45) is -0.233. The van der Waals surface area contributed by atoms with Crippen LogP contribution in [0.4, 0.5) is 0 Å². The first-order valence-corrected chi connectivity index (χ1v) is 8.88. The van der Waals surface area contributed by atoms with Crippen LogP contribution in [0.2, 0.25) is 0 Å². The third-order valence-electron chi connectivity index (χ3n) is 3.17. The maximum Gasteiger partial charge on any atom is 0.294 e. The summed E-state index contributed by atoms with van der Waals surface area (Å²) in [6.45, 7) is 2.26. The molecule has 1 aliphatic heterocycles. The fraction of sp³-hybridized carbons (Fsp3) is 0.286. The van der Waals surface area contributed by atoms with Crippen molar-refractivity contribution in [2.45, 2.75) is 17.9 Å². The molecule has 1 aromatic heterocycles. The zero-order chi connectivity index (χ0) is 15.7. The van der Waals surface area contributed by atoms with Crippen LogP contribution in [0.15, 0.2) is 33.9 Å². The van der Waals surface area contributed by atoms with E-state index < -0.39 is 10.1 Å². The first-order valence-electron chi connectivity index (χ1n) is 6.50. The van der Waals surface area contributed by atoms with Gasteiger partial charge in [0, 0.05) is 10.8 Å². The van der Waals surface area contributed by atoms with E-state index >= 15 is 0 Å². The van der Waals surface area contributed by atoms with Crippen molar-refractivity contribution in [3.8, 4) is 17.2 Å². The number of hydrogen-bond donors (Lipinski definition) is 1. The molecule has 0 fully saturated rings. The van der Waals surface area contributed by atoms with Crippen molar-refractivity contribution in [3.63, 3.8) is 0 Å². The van der Waals surface area contributed by atoms with Crippen LogP contribution in [-0.4, -0.2) is 32.3 Å². The molecule has 22 heavy (non-hydrogen) atoms. The summed E-state index contributed by atoms with van der Waals surface area (Å²) in [5.74, 6) is 1.96. The lowest BCUT2D eigenvalue weighted by Crippen LogP contribution is -2.34. The quantitative estimate of drug-likeness (QED) is 0.860. The van der Waals surface area contributed by atoms with Gasteiger partial charge in [-0.1, -0.05) is 0 Å². The third-order valence-corrected chi connectivity index (χ3v) is 4.89. The standard InChI is InChI=1S/C14H14O6S2/c1-9-4-10(2-3-14(9)22(15,16)17)18-5-11-6-19-12-7-21-8-13(12)20-11/h2-4,7-8,11H,5-6H2,1H3,(H,15,16,17). The molecule has 0 bridgehead atoms. The summed E-state index contributed by atoms with van der Waals surface area (Å²) < 4.78 is 48.2. The SMILES string of the molecule is Cc1cc(OCC2COc3cscc3O2)ccc1S(=O)(=O)O. The largest absolute Gasteiger partial charge is 0.490 e. The van der Waals surface area contributed by atoms with Gasteiger partial charge >= 0.3 is 0 Å². The Hall–Kier alpha value is -1.77. The van der Waals surface area contributed by atoms with Gasteiger partial charge in [0.1, 0.15) is 19.0 Å². The Balaban J connectivity index is 1.64. The maximum absolute atomic E-state index is 11.1. The number of thiophene rings is 1. The van der Waals surface area contributed by atoms with E-state index in [0.717, 1.165) is 5.75 Å². The molecule has 0 saturated heterocycles. The van der Waals surface area contributed by atoms with Crippen LogP contribution in [0.25, 0.3) is 0 Å². The number of benzene rings is 1. The minimum Gasteiger partial charge on any atom is -0.490 e. The summed E-state index contributed by atoms with van der Waals surface area (Å²) in [4.78, 5) is -0.125. The van der Waals surface area contributed by atoms with Gasteiger partial charge in [-0.05, 0) is 30.7 Å². The van der Waals surface area contributed by atoms with E-state index in [0.29, 0.717) is 23.7 Å². The number of fused-ring (bicyclic) bond motifs is 1. The van der Waals surface area contributed by atoms with Gasteiger partial charge in [0.15, 0.2) is 17.6 Å². The van der Waals surface area contributed by atoms with Gasteiger partial charge in [-0.25, -0.2) is 0 Å². The molecule has 0 saturated carbocycles. The molecule has 0 aliphatic carbocycles. The molecule has 1 N–H and O–H groups in total. The summed E-state index contributed by atoms with van der Waals surface area (Å²) in [6, 6.07) is 4.37. The molecule has 1 aromatic carbocycles. The normalized spacial score (nSPS) is 17.3. The van der Waals surface area contributed by atoms with E-state index in [1.54, 1.807) is 13.0 Å². The Bertz CT molecular complexity index is 780. The Morgan fingerprint density at radius 3 is 2.86 bits per heavy atom. The van der Waals surface area contributed by atoms with E-state index in [1.165, 1.54) is 23.5 Å². The van der Waals surface area contributed by atoms with Gasteiger partial charge in [-0.3, -0.25) is 4.55 Å². The van der Waals surface area contributed by atoms with Crippen molar-refractivity contribution in [1.29, 1.82) is 0 Å². The van der Waals surface area contributed by atoms with Crippen LogP contribution in [0.1, 0.15) is 5.56 Å². The predicted octanol–water partition coefficient (Wildman–Crippen LogP) is 2.52. The first-order chi connectivity index (χ1) is 10.4. The van der Waals surface area contributed by atoms with Crippen LogP contribution in [0.3, 0.4) is 0 Å². The van der Waals surface area contributed by atoms with E-state index in [2.05, 4.69) is 0 Å². The lowest BCUT2D eigenvalue weighted by molar-refractivity contribution is 0.0546. The van der Waals surface area contributed by atoms with Crippen molar-refractivity contribution in [2.75, 3.05) is 13.2 Å². The van der Waals surface area contributed by atoms with Crippen molar-refractivity contribution in [3.05, 3.63) is 34.5 Å². The monoisotopic (exact) mass is 342 g/mol. The highest BCUT2D eigenvalue weighted by atomic mass is 32.2. The molecule has 0 radical (unpaired) electrons. The van der Waals surface area contributed by atoms with Crippen LogP contribution in [0.5, 0.6) is 17.2 Å². The lowest BCUT2D eigenvalue weighted by Gasteiger charge is -2.24.